The smallest absolute Gasteiger partial charge is 0.406 e. The van der Waals surface area contributed by atoms with Crippen LogP contribution in [0.2, 0.25) is 0 Å². The van der Waals surface area contributed by atoms with Crippen LogP contribution in [0.4, 0.5) is 18.9 Å². The minimum atomic E-state index is -4.74. The third kappa shape index (κ3) is 6.64. The van der Waals surface area contributed by atoms with Gasteiger partial charge in [0.1, 0.15) is 12.1 Å². The van der Waals surface area contributed by atoms with Crippen LogP contribution in [-0.2, 0) is 6.54 Å². The number of allylic oxidation sites excluding steroid dienone is 1. The molecule has 1 saturated heterocycles. The van der Waals surface area contributed by atoms with E-state index in [-0.39, 0.29) is 5.75 Å². The maximum absolute atomic E-state index is 12.4. The van der Waals surface area contributed by atoms with Crippen molar-refractivity contribution in [1.29, 1.82) is 0 Å². The number of thioether (sulfide) groups is 1. The van der Waals surface area contributed by atoms with E-state index in [1.54, 1.807) is 11.8 Å². The first-order valence-corrected chi connectivity index (χ1v) is 15.1. The molecule has 0 bridgehead atoms. The second kappa shape index (κ2) is 12.1. The summed E-state index contributed by atoms with van der Waals surface area (Å²) < 4.78 is 42.7. The molecule has 6 rings (SSSR count). The van der Waals surface area contributed by atoms with Crippen LogP contribution in [0.5, 0.6) is 5.75 Å². The summed E-state index contributed by atoms with van der Waals surface area (Å²) in [4.78, 5) is 11.3. The Labute approximate surface area is 262 Å². The lowest BCUT2D eigenvalue weighted by Crippen LogP contribution is -2.38. The lowest BCUT2D eigenvalue weighted by atomic mass is 9.93. The third-order valence-electron chi connectivity index (χ3n) is 7.13. The molecule has 2 aliphatic rings. The number of aromatic nitrogens is 3. The maximum Gasteiger partial charge on any atom is 0.573 e. The molecule has 3 aromatic carbocycles. The zero-order valence-corrected chi connectivity index (χ0v) is 25.7. The normalized spacial score (nSPS) is 17.0. The largest absolute Gasteiger partial charge is 0.573 e. The van der Waals surface area contributed by atoms with Crippen LogP contribution in [0.3, 0.4) is 0 Å². The van der Waals surface area contributed by atoms with Crippen LogP contribution in [0.25, 0.3) is 17.1 Å². The van der Waals surface area contributed by atoms with E-state index in [9.17, 15) is 13.2 Å². The van der Waals surface area contributed by atoms with Crippen LogP contribution in [-0.4, -0.2) is 49.2 Å². The van der Waals surface area contributed by atoms with E-state index in [4.69, 9.17) is 17.2 Å². The van der Waals surface area contributed by atoms with Crippen LogP contribution in [0.15, 0.2) is 89.8 Å². The number of alkyl halides is 3. The molecular weight excluding hydrogens is 608 g/mol. The highest BCUT2D eigenvalue weighted by Gasteiger charge is 2.33. The molecule has 0 radical (unpaired) electrons. The molecule has 1 aromatic heterocycles. The van der Waals surface area contributed by atoms with E-state index < -0.39 is 6.36 Å². The Morgan fingerprint density at radius 2 is 1.89 bits per heavy atom. The highest BCUT2D eigenvalue weighted by Crippen LogP contribution is 2.43. The summed E-state index contributed by atoms with van der Waals surface area (Å²) >= 11 is 7.29. The van der Waals surface area contributed by atoms with Gasteiger partial charge in [0.15, 0.2) is 11.0 Å². The number of fused-ring (bicyclic) bond motifs is 3. The van der Waals surface area contributed by atoms with Gasteiger partial charge in [-0.2, -0.15) is 4.99 Å². The summed E-state index contributed by atoms with van der Waals surface area (Å²) in [6.07, 6.45) is -0.933. The van der Waals surface area contributed by atoms with Crippen molar-refractivity contribution in [3.8, 4) is 22.8 Å². The fourth-order valence-electron chi connectivity index (χ4n) is 5.13. The Bertz CT molecular complexity index is 1750. The molecule has 226 valence electrons. The summed E-state index contributed by atoms with van der Waals surface area (Å²) in [7, 11) is 1.91. The monoisotopic (exact) mass is 635 g/mol. The van der Waals surface area contributed by atoms with Gasteiger partial charge in [-0.3, -0.25) is 10.3 Å². The molecule has 8 nitrogen and oxygen atoms in total. The van der Waals surface area contributed by atoms with Crippen molar-refractivity contribution in [1.82, 2.24) is 25.2 Å². The minimum Gasteiger partial charge on any atom is -0.406 e. The van der Waals surface area contributed by atoms with Gasteiger partial charge in [-0.1, -0.05) is 61.2 Å². The number of anilines is 1. The molecule has 1 N–H and O–H groups in total. The summed E-state index contributed by atoms with van der Waals surface area (Å²) in [6, 6.07) is 19.8. The van der Waals surface area contributed by atoms with Crippen molar-refractivity contribution in [3.63, 3.8) is 0 Å². The van der Waals surface area contributed by atoms with E-state index in [1.165, 1.54) is 57.8 Å². The number of ether oxygens (including phenoxy) is 1. The van der Waals surface area contributed by atoms with E-state index in [1.807, 2.05) is 36.3 Å². The zero-order valence-electron chi connectivity index (χ0n) is 24.0. The maximum atomic E-state index is 12.4. The predicted octanol–water partition coefficient (Wildman–Crippen LogP) is 6.97. The second-order valence-electron chi connectivity index (χ2n) is 10.6. The Kier molecular flexibility index (Phi) is 8.18. The number of hydrogen-bond donors (Lipinski definition) is 1. The first-order valence-electron chi connectivity index (χ1n) is 13.7. The molecule has 4 aromatic rings. The number of hydrogen-bond acceptors (Lipinski definition) is 6. The SMILES string of the molecule is Cc1ccc2c(c1)N1C(=CC2C)CSC1=NC(=S)NN(C)Cc1ccc(-c2ncn(-c3ccc(OC(F)(F)F)cc3)n2)cc1. The van der Waals surface area contributed by atoms with Crippen molar-refractivity contribution in [2.24, 2.45) is 4.99 Å². The van der Waals surface area contributed by atoms with Gasteiger partial charge in [-0.15, -0.1) is 18.3 Å². The van der Waals surface area contributed by atoms with Crippen molar-refractivity contribution in [2.45, 2.75) is 32.7 Å². The topological polar surface area (TPSA) is 70.8 Å². The molecule has 0 spiro atoms. The lowest BCUT2D eigenvalue weighted by molar-refractivity contribution is -0.274. The lowest BCUT2D eigenvalue weighted by Gasteiger charge is -2.30. The van der Waals surface area contributed by atoms with Crippen molar-refractivity contribution >= 4 is 39.9 Å². The van der Waals surface area contributed by atoms with Gasteiger partial charge in [0, 0.05) is 36.5 Å². The minimum absolute atomic E-state index is 0.300. The molecular formula is C31H28F3N7OS2. The first kappa shape index (κ1) is 29.9. The number of benzene rings is 3. The number of amidine groups is 1. The van der Waals surface area contributed by atoms with Gasteiger partial charge in [0.25, 0.3) is 0 Å². The molecule has 0 amide bonds. The molecule has 1 atom stereocenters. The molecule has 2 aliphatic heterocycles. The van der Waals surface area contributed by atoms with Crippen LogP contribution in [0, 0.1) is 6.92 Å². The average molecular weight is 636 g/mol. The Balaban J connectivity index is 1.07. The average Bonchev–Trinajstić information content (AvgIpc) is 3.61. The van der Waals surface area contributed by atoms with Gasteiger partial charge >= 0.3 is 6.36 Å². The third-order valence-corrected chi connectivity index (χ3v) is 8.28. The zero-order chi connectivity index (χ0) is 31.0. The molecule has 1 fully saturated rings. The summed E-state index contributed by atoms with van der Waals surface area (Å²) in [5, 5.41) is 7.59. The van der Waals surface area contributed by atoms with Crippen molar-refractivity contribution < 1.29 is 17.9 Å². The number of halogens is 3. The number of thiocarbonyl (C=S) groups is 1. The molecule has 3 heterocycles. The van der Waals surface area contributed by atoms with E-state index in [0.29, 0.717) is 29.1 Å². The fraction of sp³-hybridized carbons (Fsp3) is 0.226. The second-order valence-corrected chi connectivity index (χ2v) is 11.9. The van der Waals surface area contributed by atoms with E-state index in [0.717, 1.165) is 22.0 Å². The molecule has 0 aliphatic carbocycles. The molecule has 1 unspecified atom stereocenters. The van der Waals surface area contributed by atoms with Gasteiger partial charge < -0.3 is 4.74 Å². The predicted molar refractivity (Wildman–Crippen MR) is 171 cm³/mol. The summed E-state index contributed by atoms with van der Waals surface area (Å²) in [5.74, 6) is 1.40. The van der Waals surface area contributed by atoms with Crippen LogP contribution in [0.1, 0.15) is 29.5 Å². The Morgan fingerprint density at radius 3 is 2.61 bits per heavy atom. The Morgan fingerprint density at radius 1 is 1.14 bits per heavy atom. The quantitative estimate of drug-likeness (QED) is 0.180. The highest BCUT2D eigenvalue weighted by molar-refractivity contribution is 8.14. The fourth-order valence-corrected chi connectivity index (χ4v) is 6.43. The highest BCUT2D eigenvalue weighted by atomic mass is 32.2. The van der Waals surface area contributed by atoms with Gasteiger partial charge in [0.2, 0.25) is 5.11 Å². The number of rotatable bonds is 6. The van der Waals surface area contributed by atoms with Gasteiger partial charge in [0.05, 0.1) is 11.4 Å². The van der Waals surface area contributed by atoms with Crippen molar-refractivity contribution in [3.05, 3.63) is 102 Å². The molecule has 44 heavy (non-hydrogen) atoms. The van der Waals surface area contributed by atoms with Crippen molar-refractivity contribution in [2.75, 3.05) is 17.7 Å². The van der Waals surface area contributed by atoms with E-state index in [2.05, 4.69) is 63.3 Å². The number of nitrogens with one attached hydrogen (secondary N) is 1. The number of nitrogens with zero attached hydrogens (tertiary/aromatic N) is 6. The van der Waals surface area contributed by atoms with Gasteiger partial charge in [-0.05, 0) is 66.2 Å². The standard InChI is InChI=1S/C31H28F3N7OS2/c1-19-4-13-26-20(2)15-24-17-44-30(41(24)27(26)14-19)36-29(43)38-39(3)16-21-5-7-22(8-6-21)28-35-18-40(37-28)23-9-11-25(12-10-23)42-31(32,33)34/h4-15,18,20H,16-17H2,1-3H3,(H,38,43). The molecule has 0 saturated carbocycles. The number of aryl methyl sites for hydroxylation is 1. The summed E-state index contributed by atoms with van der Waals surface area (Å²) in [5.41, 5.74) is 10.5. The summed E-state index contributed by atoms with van der Waals surface area (Å²) in [6.45, 7) is 4.89. The van der Waals surface area contributed by atoms with E-state index >= 15 is 0 Å². The van der Waals surface area contributed by atoms with Gasteiger partial charge in [-0.25, -0.2) is 14.7 Å². The number of aliphatic imine (C=N–C) groups is 1. The van der Waals surface area contributed by atoms with Crippen LogP contribution < -0.4 is 15.1 Å². The van der Waals surface area contributed by atoms with Crippen LogP contribution >= 0.6 is 24.0 Å². The first-order chi connectivity index (χ1) is 21.0. The number of hydrazine groups is 1. The molecule has 13 heteroatoms. The Hall–Kier alpha value is -4.20.